The van der Waals surface area contributed by atoms with Gasteiger partial charge in [0.1, 0.15) is 12.2 Å². The van der Waals surface area contributed by atoms with Crippen LogP contribution in [0.5, 0.6) is 0 Å². The Kier molecular flexibility index (Phi) is 4.27. The molecular weight excluding hydrogens is 395 g/mol. The predicted molar refractivity (Wildman–Crippen MR) is 105 cm³/mol. The number of likely N-dealkylation sites (tertiary alicyclic amines) is 1. The van der Waals surface area contributed by atoms with Gasteiger partial charge in [-0.05, 0) is 63.1 Å². The fraction of sp³-hybridized carbons (Fsp3) is 0.636. The highest BCUT2D eigenvalue weighted by atomic mass is 19.4. The second-order valence-corrected chi connectivity index (χ2v) is 10.0. The number of aromatic nitrogens is 2. The summed E-state index contributed by atoms with van der Waals surface area (Å²) in [4.78, 5) is 18.9. The second kappa shape index (κ2) is 6.45. The third-order valence-electron chi connectivity index (χ3n) is 7.05. The van der Waals surface area contributed by atoms with Gasteiger partial charge >= 0.3 is 6.18 Å². The number of hydrogen-bond donors (Lipinski definition) is 1. The average molecular weight is 421 g/mol. The minimum absolute atomic E-state index is 0.0305. The summed E-state index contributed by atoms with van der Waals surface area (Å²) in [5, 5.41) is 10.5. The fourth-order valence-corrected chi connectivity index (χ4v) is 5.75. The lowest BCUT2D eigenvalue weighted by molar-refractivity contribution is -0.171. The Labute approximate surface area is 172 Å². The lowest BCUT2D eigenvalue weighted by atomic mass is 9.56. The average Bonchev–Trinajstić information content (AvgIpc) is 2.93. The highest BCUT2D eigenvalue weighted by Gasteiger charge is 2.55. The van der Waals surface area contributed by atoms with Crippen LogP contribution in [0, 0.1) is 17.3 Å². The van der Waals surface area contributed by atoms with Crippen molar-refractivity contribution in [2.45, 2.75) is 57.3 Å². The van der Waals surface area contributed by atoms with Crippen molar-refractivity contribution < 1.29 is 23.1 Å². The Bertz CT molecular complexity index is 975. The lowest BCUT2D eigenvalue weighted by Gasteiger charge is -2.60. The van der Waals surface area contributed by atoms with Crippen molar-refractivity contribution in [1.29, 1.82) is 0 Å². The Hall–Kier alpha value is -2.09. The Morgan fingerprint density at radius 3 is 2.53 bits per heavy atom. The zero-order valence-corrected chi connectivity index (χ0v) is 17.0. The van der Waals surface area contributed by atoms with Crippen LogP contribution in [0.4, 0.5) is 13.2 Å². The summed E-state index contributed by atoms with van der Waals surface area (Å²) in [5.41, 5.74) is 0.746. The number of carbonyl (C=O) groups is 1. The van der Waals surface area contributed by atoms with Crippen molar-refractivity contribution in [2.24, 2.45) is 17.3 Å². The van der Waals surface area contributed by atoms with Gasteiger partial charge in [-0.3, -0.25) is 4.79 Å². The number of alkyl halides is 3. The first-order chi connectivity index (χ1) is 14.0. The first kappa shape index (κ1) is 19.8. The molecule has 1 aliphatic heterocycles. The summed E-state index contributed by atoms with van der Waals surface area (Å²) >= 11 is 0. The van der Waals surface area contributed by atoms with Crippen LogP contribution in [0.2, 0.25) is 0 Å². The molecule has 0 atom stereocenters. The monoisotopic (exact) mass is 421 g/mol. The van der Waals surface area contributed by atoms with Gasteiger partial charge in [-0.25, -0.2) is 4.98 Å². The third-order valence-corrected chi connectivity index (χ3v) is 7.05. The van der Waals surface area contributed by atoms with Gasteiger partial charge in [-0.2, -0.15) is 13.2 Å². The molecule has 5 nitrogen and oxygen atoms in total. The van der Waals surface area contributed by atoms with Crippen LogP contribution in [-0.4, -0.2) is 50.3 Å². The van der Waals surface area contributed by atoms with Gasteiger partial charge in [0.05, 0.1) is 5.60 Å². The van der Waals surface area contributed by atoms with Crippen LogP contribution in [0.1, 0.15) is 38.3 Å². The molecule has 1 spiro atoms. The van der Waals surface area contributed by atoms with Crippen molar-refractivity contribution in [2.75, 3.05) is 13.1 Å². The predicted octanol–water partition coefficient (Wildman–Crippen LogP) is 3.54. The van der Waals surface area contributed by atoms with E-state index >= 15 is 0 Å². The smallest absolute Gasteiger partial charge is 0.390 e. The minimum atomic E-state index is -4.27. The normalized spacial score (nSPS) is 28.3. The maximum absolute atomic E-state index is 12.8. The molecule has 30 heavy (non-hydrogen) atoms. The van der Waals surface area contributed by atoms with Crippen LogP contribution in [0.3, 0.4) is 0 Å². The maximum Gasteiger partial charge on any atom is 0.406 e. The molecule has 0 radical (unpaired) electrons. The standard InChI is InChI=1S/C22H26F3N3O2/c1-20(30)9-16(10-20)19(29)28-11-21(12-28)7-14(8-21)6-17-3-2-15-4-5-27(18(15)26-17)13-22(23,24)25/h2-5,14,16,30H,6-13H2,1H3/t16-,20+. The van der Waals surface area contributed by atoms with Gasteiger partial charge in [0.2, 0.25) is 5.91 Å². The summed E-state index contributed by atoms with van der Waals surface area (Å²) < 4.78 is 39.5. The molecule has 3 fully saturated rings. The molecule has 2 aromatic rings. The molecule has 2 saturated carbocycles. The van der Waals surface area contributed by atoms with Gasteiger partial charge in [0.25, 0.3) is 0 Å². The maximum atomic E-state index is 12.8. The number of carbonyl (C=O) groups excluding carboxylic acids is 1. The summed E-state index contributed by atoms with van der Waals surface area (Å²) in [6.07, 6.45) is 1.10. The number of halogens is 3. The van der Waals surface area contributed by atoms with E-state index < -0.39 is 18.3 Å². The first-order valence-corrected chi connectivity index (χ1v) is 10.5. The summed E-state index contributed by atoms with van der Waals surface area (Å²) in [6.45, 7) is 2.33. The van der Waals surface area contributed by atoms with E-state index in [4.69, 9.17) is 0 Å². The van der Waals surface area contributed by atoms with Crippen molar-refractivity contribution >= 4 is 16.9 Å². The van der Waals surface area contributed by atoms with Gasteiger partial charge in [-0.1, -0.05) is 0 Å². The molecule has 1 N–H and O–H groups in total. The van der Waals surface area contributed by atoms with Crippen LogP contribution in [0.15, 0.2) is 24.4 Å². The van der Waals surface area contributed by atoms with Gasteiger partial charge in [-0.15, -0.1) is 0 Å². The molecule has 1 amide bonds. The molecule has 0 unspecified atom stereocenters. The molecule has 0 bridgehead atoms. The topological polar surface area (TPSA) is 58.4 Å². The van der Waals surface area contributed by atoms with Crippen molar-refractivity contribution in [1.82, 2.24) is 14.5 Å². The van der Waals surface area contributed by atoms with E-state index in [0.717, 1.165) is 48.0 Å². The summed E-state index contributed by atoms with van der Waals surface area (Å²) in [5.74, 6) is 0.605. The van der Waals surface area contributed by atoms with E-state index in [1.807, 2.05) is 17.0 Å². The zero-order chi connectivity index (χ0) is 21.3. The zero-order valence-electron chi connectivity index (χ0n) is 17.0. The third kappa shape index (κ3) is 3.59. The van der Waals surface area contributed by atoms with Crippen LogP contribution in [0.25, 0.3) is 11.0 Å². The molecule has 3 aliphatic rings. The molecule has 3 heterocycles. The summed E-state index contributed by atoms with van der Waals surface area (Å²) in [6, 6.07) is 5.41. The van der Waals surface area contributed by atoms with Gasteiger partial charge in [0, 0.05) is 41.7 Å². The SMILES string of the molecule is C[C@]1(O)C[C@@H](C(=O)N2CC3(CC(Cc4ccc5ccn(CC(F)(F)F)c5n4)C3)C2)C1. The number of amides is 1. The van der Waals surface area contributed by atoms with Crippen LogP contribution < -0.4 is 0 Å². The van der Waals surface area contributed by atoms with Crippen LogP contribution >= 0.6 is 0 Å². The summed E-state index contributed by atoms with van der Waals surface area (Å²) in [7, 11) is 0. The van der Waals surface area contributed by atoms with E-state index in [1.54, 1.807) is 13.0 Å². The molecular formula is C22H26F3N3O2. The quantitative estimate of drug-likeness (QED) is 0.822. The Morgan fingerprint density at radius 2 is 1.90 bits per heavy atom. The fourth-order valence-electron chi connectivity index (χ4n) is 5.75. The van der Waals surface area contributed by atoms with E-state index in [1.165, 1.54) is 6.20 Å². The largest absolute Gasteiger partial charge is 0.406 e. The Balaban J connectivity index is 1.15. The van der Waals surface area contributed by atoms with Crippen molar-refractivity contribution in [3.63, 3.8) is 0 Å². The van der Waals surface area contributed by atoms with E-state index in [-0.39, 0.29) is 17.2 Å². The molecule has 0 aromatic carbocycles. The van der Waals surface area contributed by atoms with Gasteiger partial charge in [0.15, 0.2) is 0 Å². The molecule has 8 heteroatoms. The first-order valence-electron chi connectivity index (χ1n) is 10.5. The number of nitrogens with zero attached hydrogens (tertiary/aromatic N) is 3. The molecule has 5 rings (SSSR count). The molecule has 162 valence electrons. The molecule has 1 saturated heterocycles. The van der Waals surface area contributed by atoms with E-state index in [2.05, 4.69) is 4.98 Å². The molecule has 2 aliphatic carbocycles. The Morgan fingerprint density at radius 1 is 1.20 bits per heavy atom. The van der Waals surface area contributed by atoms with Gasteiger partial charge < -0.3 is 14.6 Å². The van der Waals surface area contributed by atoms with Crippen molar-refractivity contribution in [3.05, 3.63) is 30.1 Å². The number of pyridine rings is 1. The van der Waals surface area contributed by atoms with Crippen molar-refractivity contribution in [3.8, 4) is 0 Å². The number of rotatable bonds is 4. The minimum Gasteiger partial charge on any atom is -0.390 e. The number of hydrogen-bond acceptors (Lipinski definition) is 3. The van der Waals surface area contributed by atoms with Crippen LogP contribution in [-0.2, 0) is 17.8 Å². The highest BCUT2D eigenvalue weighted by Crippen LogP contribution is 2.53. The molecule has 2 aromatic heterocycles. The highest BCUT2D eigenvalue weighted by molar-refractivity contribution is 5.81. The second-order valence-electron chi connectivity index (χ2n) is 10.0. The number of fused-ring (bicyclic) bond motifs is 1. The lowest BCUT2D eigenvalue weighted by Crippen LogP contribution is -2.66. The van der Waals surface area contributed by atoms with E-state index in [9.17, 15) is 23.1 Å². The number of aliphatic hydroxyl groups is 1. The van der Waals surface area contributed by atoms with E-state index in [0.29, 0.717) is 24.4 Å².